The Balaban J connectivity index is 1.68. The molecule has 1 heterocycles. The van der Waals surface area contributed by atoms with Crippen LogP contribution in [0.5, 0.6) is 5.75 Å². The number of carboxylic acids is 1. The van der Waals surface area contributed by atoms with Gasteiger partial charge >= 0.3 is 5.97 Å². The molecular weight excluding hydrogens is 420 g/mol. The van der Waals surface area contributed by atoms with Gasteiger partial charge < -0.3 is 15.6 Å². The predicted molar refractivity (Wildman–Crippen MR) is 119 cm³/mol. The summed E-state index contributed by atoms with van der Waals surface area (Å²) in [5.74, 6) is -1.20. The molecule has 1 atom stereocenters. The van der Waals surface area contributed by atoms with E-state index in [1.54, 1.807) is 26.2 Å². The quantitative estimate of drug-likeness (QED) is 0.305. The van der Waals surface area contributed by atoms with E-state index in [0.717, 1.165) is 28.0 Å². The highest BCUT2D eigenvalue weighted by Gasteiger charge is 2.40. The molecule has 31 heavy (non-hydrogen) atoms. The van der Waals surface area contributed by atoms with E-state index in [4.69, 9.17) is 15.6 Å². The fourth-order valence-electron chi connectivity index (χ4n) is 2.90. The lowest BCUT2D eigenvalue weighted by Gasteiger charge is -2.14. The number of thioether (sulfide) groups is 1. The normalized spacial score (nSPS) is 17.2. The van der Waals surface area contributed by atoms with Gasteiger partial charge in [-0.1, -0.05) is 11.8 Å². The average molecular weight is 440 g/mol. The van der Waals surface area contributed by atoms with Gasteiger partial charge in [-0.25, -0.2) is 9.69 Å². The molecule has 0 bridgehead atoms. The predicted octanol–water partition coefficient (Wildman–Crippen LogP) is 2.50. The maximum absolute atomic E-state index is 12.7. The Kier molecular flexibility index (Phi) is 6.71. The van der Waals surface area contributed by atoms with Crippen LogP contribution in [-0.4, -0.2) is 46.1 Å². The van der Waals surface area contributed by atoms with E-state index in [2.05, 4.69) is 10.2 Å². The molecular formula is C21H20N4O5S. The van der Waals surface area contributed by atoms with E-state index in [9.17, 15) is 14.4 Å². The molecule has 2 aromatic carbocycles. The number of ether oxygens (including phenoxy) is 1. The van der Waals surface area contributed by atoms with Crippen LogP contribution in [0.25, 0.3) is 0 Å². The van der Waals surface area contributed by atoms with Gasteiger partial charge in [-0.2, -0.15) is 5.10 Å². The molecule has 0 aromatic heterocycles. The van der Waals surface area contributed by atoms with Crippen LogP contribution < -0.4 is 15.4 Å². The van der Waals surface area contributed by atoms with Gasteiger partial charge in [0.05, 0.1) is 24.1 Å². The Labute approximate surface area is 182 Å². The summed E-state index contributed by atoms with van der Waals surface area (Å²) in [4.78, 5) is 37.1. The molecule has 1 unspecified atom stereocenters. The van der Waals surface area contributed by atoms with Gasteiger partial charge in [0.25, 0.3) is 0 Å². The molecule has 2 aromatic rings. The Hall–Kier alpha value is -3.66. The van der Waals surface area contributed by atoms with E-state index in [-0.39, 0.29) is 17.2 Å². The number of carbonyl (C=O) groups is 3. The van der Waals surface area contributed by atoms with Crippen LogP contribution in [0.1, 0.15) is 29.3 Å². The third-order valence-electron chi connectivity index (χ3n) is 4.55. The number of anilines is 1. The van der Waals surface area contributed by atoms with Crippen LogP contribution in [0, 0.1) is 0 Å². The van der Waals surface area contributed by atoms with E-state index < -0.39 is 23.0 Å². The van der Waals surface area contributed by atoms with E-state index in [0.29, 0.717) is 11.4 Å². The van der Waals surface area contributed by atoms with Gasteiger partial charge in [-0.15, -0.1) is 5.10 Å². The molecule has 2 amide bonds. The Morgan fingerprint density at radius 2 is 1.71 bits per heavy atom. The molecule has 0 spiro atoms. The SMILES string of the molecule is COc1ccc(/C(C)=N\N=C(\N)SC2CC(=O)N(c3ccc(C(=O)O)cc3)C2=O)cc1. The molecule has 0 radical (unpaired) electrons. The second kappa shape index (κ2) is 9.43. The molecule has 9 nitrogen and oxygen atoms in total. The van der Waals surface area contributed by atoms with Crippen molar-refractivity contribution in [2.24, 2.45) is 15.9 Å². The Bertz CT molecular complexity index is 1060. The second-order valence-corrected chi connectivity index (χ2v) is 7.81. The summed E-state index contributed by atoms with van der Waals surface area (Å²) in [6.45, 7) is 1.77. The summed E-state index contributed by atoms with van der Waals surface area (Å²) in [5, 5.41) is 16.4. The first kappa shape index (κ1) is 22.0. The molecule has 1 fully saturated rings. The smallest absolute Gasteiger partial charge is 0.335 e. The lowest BCUT2D eigenvalue weighted by Crippen LogP contribution is -2.31. The highest BCUT2D eigenvalue weighted by Crippen LogP contribution is 2.30. The van der Waals surface area contributed by atoms with Gasteiger partial charge in [0.15, 0.2) is 5.17 Å². The topological polar surface area (TPSA) is 135 Å². The van der Waals surface area contributed by atoms with Gasteiger partial charge in [0.1, 0.15) is 11.0 Å². The number of amidine groups is 1. The summed E-state index contributed by atoms with van der Waals surface area (Å²) >= 11 is 0.963. The molecule has 3 rings (SSSR count). The van der Waals surface area contributed by atoms with Crippen molar-refractivity contribution in [2.45, 2.75) is 18.6 Å². The summed E-state index contributed by atoms with van der Waals surface area (Å²) in [5.41, 5.74) is 7.75. The van der Waals surface area contributed by atoms with Crippen molar-refractivity contribution < 1.29 is 24.2 Å². The van der Waals surface area contributed by atoms with Crippen molar-refractivity contribution in [3.8, 4) is 5.75 Å². The number of rotatable bonds is 6. The fraction of sp³-hybridized carbons (Fsp3) is 0.190. The van der Waals surface area contributed by atoms with Crippen molar-refractivity contribution in [3.05, 3.63) is 59.7 Å². The first-order chi connectivity index (χ1) is 14.8. The number of methoxy groups -OCH3 is 1. The Morgan fingerprint density at radius 1 is 1.10 bits per heavy atom. The molecule has 160 valence electrons. The minimum Gasteiger partial charge on any atom is -0.497 e. The van der Waals surface area contributed by atoms with E-state index >= 15 is 0 Å². The number of hydrogen-bond donors (Lipinski definition) is 2. The highest BCUT2D eigenvalue weighted by molar-refractivity contribution is 8.14. The van der Waals surface area contributed by atoms with Crippen molar-refractivity contribution in [1.29, 1.82) is 0 Å². The number of nitrogens with two attached hydrogens (primary N) is 1. The minimum absolute atomic E-state index is 0.0401. The first-order valence-corrected chi connectivity index (χ1v) is 10.1. The lowest BCUT2D eigenvalue weighted by molar-refractivity contribution is -0.121. The van der Waals surface area contributed by atoms with Crippen molar-refractivity contribution in [3.63, 3.8) is 0 Å². The van der Waals surface area contributed by atoms with Crippen LogP contribution in [0.4, 0.5) is 5.69 Å². The molecule has 1 saturated heterocycles. The number of imide groups is 1. The highest BCUT2D eigenvalue weighted by atomic mass is 32.2. The zero-order valence-corrected chi connectivity index (χ0v) is 17.6. The standard InChI is InChI=1S/C21H20N4O5S/c1-12(13-5-9-16(30-2)10-6-13)23-24-21(22)31-17-11-18(26)25(19(17)27)15-7-3-14(4-8-15)20(28)29/h3-10,17H,11H2,1-2H3,(H2,22,24)(H,28,29)/b23-12-. The molecule has 0 saturated carbocycles. The molecule has 1 aliphatic rings. The monoisotopic (exact) mass is 440 g/mol. The third kappa shape index (κ3) is 5.10. The van der Waals surface area contributed by atoms with Crippen molar-refractivity contribution in [2.75, 3.05) is 12.0 Å². The summed E-state index contributed by atoms with van der Waals surface area (Å²) in [6, 6.07) is 12.8. The number of nitrogens with zero attached hydrogens (tertiary/aromatic N) is 3. The summed E-state index contributed by atoms with van der Waals surface area (Å²) in [6.07, 6.45) is -0.0401. The first-order valence-electron chi connectivity index (χ1n) is 9.19. The maximum Gasteiger partial charge on any atom is 0.335 e. The minimum atomic E-state index is -1.09. The molecule has 10 heteroatoms. The van der Waals surface area contributed by atoms with E-state index in [1.165, 1.54) is 24.3 Å². The van der Waals surface area contributed by atoms with Gasteiger partial charge in [-0.05, 0) is 61.0 Å². The maximum atomic E-state index is 12.7. The second-order valence-electron chi connectivity index (χ2n) is 6.58. The third-order valence-corrected chi connectivity index (χ3v) is 5.52. The zero-order chi connectivity index (χ0) is 22.5. The lowest BCUT2D eigenvalue weighted by atomic mass is 10.1. The Morgan fingerprint density at radius 3 is 2.29 bits per heavy atom. The molecule has 0 aliphatic carbocycles. The van der Waals surface area contributed by atoms with Gasteiger partial charge in [0.2, 0.25) is 11.8 Å². The van der Waals surface area contributed by atoms with Crippen LogP contribution in [0.15, 0.2) is 58.7 Å². The van der Waals surface area contributed by atoms with Crippen molar-refractivity contribution in [1.82, 2.24) is 0 Å². The van der Waals surface area contributed by atoms with Crippen LogP contribution >= 0.6 is 11.8 Å². The number of aromatic carboxylic acids is 1. The number of carboxylic acid groups (broad SMARTS) is 1. The summed E-state index contributed by atoms with van der Waals surface area (Å²) < 4.78 is 5.12. The zero-order valence-electron chi connectivity index (χ0n) is 16.8. The molecule has 1 aliphatic heterocycles. The van der Waals surface area contributed by atoms with Crippen LogP contribution in [0.2, 0.25) is 0 Å². The fourth-order valence-corrected chi connectivity index (χ4v) is 3.72. The van der Waals surface area contributed by atoms with Crippen LogP contribution in [0.3, 0.4) is 0 Å². The number of benzene rings is 2. The van der Waals surface area contributed by atoms with E-state index in [1.807, 2.05) is 12.1 Å². The summed E-state index contributed by atoms with van der Waals surface area (Å²) in [7, 11) is 1.58. The number of carbonyl (C=O) groups excluding carboxylic acids is 2. The largest absolute Gasteiger partial charge is 0.497 e. The number of hydrogen-bond acceptors (Lipinski definition) is 7. The average Bonchev–Trinajstić information content (AvgIpc) is 3.04. The van der Waals surface area contributed by atoms with Crippen LogP contribution in [-0.2, 0) is 9.59 Å². The number of amides is 2. The molecule has 3 N–H and O–H groups in total. The van der Waals surface area contributed by atoms with Gasteiger partial charge in [0, 0.05) is 6.42 Å². The van der Waals surface area contributed by atoms with Crippen molar-refractivity contribution >= 4 is 46.1 Å². The van der Waals surface area contributed by atoms with Gasteiger partial charge in [-0.3, -0.25) is 9.59 Å².